The number of nitrogens with one attached hydrogen (secondary N) is 2. The van der Waals surface area contributed by atoms with Crippen molar-refractivity contribution in [2.75, 3.05) is 0 Å². The van der Waals surface area contributed by atoms with Crippen molar-refractivity contribution in [2.24, 2.45) is 0 Å². The van der Waals surface area contributed by atoms with Crippen LogP contribution in [0.2, 0.25) is 0 Å². The second-order valence-electron chi connectivity index (χ2n) is 3.00. The number of aliphatic hydroxyl groups excluding tert-OH is 1. The largest absolute Gasteiger partial charge is 0.393 e. The first-order chi connectivity index (χ1) is 6.11. The molecule has 0 saturated heterocycles. The molecule has 0 fully saturated rings. The molecular weight excluding hydrogens is 174 g/mol. The SMILES string of the molecule is CC(O)CCCn1c(=O)[nH][nH]c1=O. The van der Waals surface area contributed by atoms with Gasteiger partial charge >= 0.3 is 11.4 Å². The predicted octanol–water partition coefficient (Wildman–Crippen LogP) is -0.974. The van der Waals surface area contributed by atoms with Crippen LogP contribution in [0, 0.1) is 0 Å². The maximum absolute atomic E-state index is 10.9. The summed E-state index contributed by atoms with van der Waals surface area (Å²) < 4.78 is 1.07. The Bertz CT molecular complexity index is 332. The molecule has 1 atom stereocenters. The van der Waals surface area contributed by atoms with Crippen LogP contribution in [-0.2, 0) is 6.54 Å². The maximum atomic E-state index is 10.9. The minimum atomic E-state index is -0.435. The van der Waals surface area contributed by atoms with Crippen LogP contribution in [0.1, 0.15) is 19.8 Å². The molecule has 1 unspecified atom stereocenters. The zero-order valence-electron chi connectivity index (χ0n) is 7.41. The predicted molar refractivity (Wildman–Crippen MR) is 46.6 cm³/mol. The molecule has 1 rings (SSSR count). The van der Waals surface area contributed by atoms with Crippen LogP contribution < -0.4 is 11.4 Å². The Morgan fingerprint density at radius 1 is 1.38 bits per heavy atom. The summed E-state index contributed by atoms with van der Waals surface area (Å²) in [7, 11) is 0. The van der Waals surface area contributed by atoms with Crippen molar-refractivity contribution in [3.05, 3.63) is 21.0 Å². The lowest BCUT2D eigenvalue weighted by Gasteiger charge is -2.02. The lowest BCUT2D eigenvalue weighted by atomic mass is 10.2. The monoisotopic (exact) mass is 187 g/mol. The summed E-state index contributed by atoms with van der Waals surface area (Å²) >= 11 is 0. The Balaban J connectivity index is 2.55. The molecule has 13 heavy (non-hydrogen) atoms. The Labute approximate surface area is 74.2 Å². The van der Waals surface area contributed by atoms with Gasteiger partial charge in [-0.05, 0) is 19.8 Å². The zero-order chi connectivity index (χ0) is 9.84. The van der Waals surface area contributed by atoms with Gasteiger partial charge in [-0.3, -0.25) is 0 Å². The average Bonchev–Trinajstić information content (AvgIpc) is 2.34. The van der Waals surface area contributed by atoms with Crippen molar-refractivity contribution in [3.63, 3.8) is 0 Å². The van der Waals surface area contributed by atoms with E-state index in [2.05, 4.69) is 10.2 Å². The van der Waals surface area contributed by atoms with Gasteiger partial charge in [0.25, 0.3) is 0 Å². The number of aromatic amines is 2. The normalized spacial score (nSPS) is 13.1. The highest BCUT2D eigenvalue weighted by molar-refractivity contribution is 4.65. The van der Waals surface area contributed by atoms with Gasteiger partial charge in [-0.1, -0.05) is 0 Å². The third-order valence-electron chi connectivity index (χ3n) is 1.77. The second-order valence-corrected chi connectivity index (χ2v) is 3.00. The van der Waals surface area contributed by atoms with Crippen LogP contribution in [-0.4, -0.2) is 26.0 Å². The van der Waals surface area contributed by atoms with Gasteiger partial charge in [-0.25, -0.2) is 24.4 Å². The van der Waals surface area contributed by atoms with Crippen LogP contribution in [0.5, 0.6) is 0 Å². The summed E-state index contributed by atoms with van der Waals surface area (Å²) in [4.78, 5) is 21.9. The Kier molecular flexibility index (Phi) is 3.07. The molecule has 0 aliphatic rings. The van der Waals surface area contributed by atoms with Crippen LogP contribution in [0.4, 0.5) is 0 Å². The minimum absolute atomic E-state index is 0.336. The van der Waals surface area contributed by atoms with E-state index < -0.39 is 17.5 Å². The minimum Gasteiger partial charge on any atom is -0.393 e. The van der Waals surface area contributed by atoms with Gasteiger partial charge in [0.2, 0.25) is 0 Å². The summed E-state index contributed by atoms with van der Waals surface area (Å²) in [5.74, 6) is 0. The van der Waals surface area contributed by atoms with E-state index in [0.717, 1.165) is 4.57 Å². The van der Waals surface area contributed by atoms with Gasteiger partial charge in [0, 0.05) is 6.54 Å². The molecule has 1 heterocycles. The highest BCUT2D eigenvalue weighted by Gasteiger charge is 2.02. The Morgan fingerprint density at radius 3 is 2.38 bits per heavy atom. The van der Waals surface area contributed by atoms with Gasteiger partial charge in [-0.2, -0.15) is 0 Å². The highest BCUT2D eigenvalue weighted by atomic mass is 16.3. The number of aliphatic hydroxyl groups is 1. The molecule has 6 nitrogen and oxygen atoms in total. The smallest absolute Gasteiger partial charge is 0.344 e. The topological polar surface area (TPSA) is 90.9 Å². The van der Waals surface area contributed by atoms with Gasteiger partial charge in [-0.15, -0.1) is 0 Å². The first-order valence-corrected chi connectivity index (χ1v) is 4.17. The Morgan fingerprint density at radius 2 is 1.92 bits per heavy atom. The summed E-state index contributed by atoms with van der Waals surface area (Å²) in [6.45, 7) is 2.01. The van der Waals surface area contributed by atoms with Crippen molar-refractivity contribution in [1.29, 1.82) is 0 Å². The molecule has 0 aliphatic carbocycles. The van der Waals surface area contributed by atoms with Crippen molar-refractivity contribution in [3.8, 4) is 0 Å². The van der Waals surface area contributed by atoms with E-state index in [1.54, 1.807) is 6.92 Å². The maximum Gasteiger partial charge on any atom is 0.344 e. The fourth-order valence-electron chi connectivity index (χ4n) is 1.08. The van der Waals surface area contributed by atoms with Crippen molar-refractivity contribution >= 4 is 0 Å². The third kappa shape index (κ3) is 2.59. The zero-order valence-corrected chi connectivity index (χ0v) is 7.41. The molecule has 0 saturated carbocycles. The number of nitrogens with zero attached hydrogens (tertiary/aromatic N) is 1. The highest BCUT2D eigenvalue weighted by Crippen LogP contribution is 1.95. The fraction of sp³-hybridized carbons (Fsp3) is 0.714. The standard InChI is InChI=1S/C7H13N3O3/c1-5(11)3-2-4-10-6(12)8-9-7(10)13/h5,11H,2-4H2,1H3,(H,8,12)(H,9,13). The summed E-state index contributed by atoms with van der Waals surface area (Å²) in [5, 5.41) is 13.3. The number of hydrogen-bond acceptors (Lipinski definition) is 3. The quantitative estimate of drug-likeness (QED) is 0.566. The van der Waals surface area contributed by atoms with Gasteiger partial charge in [0.1, 0.15) is 0 Å². The molecule has 0 radical (unpaired) electrons. The fourth-order valence-corrected chi connectivity index (χ4v) is 1.08. The summed E-state index contributed by atoms with van der Waals surface area (Å²) in [6, 6.07) is 0. The molecule has 0 aliphatic heterocycles. The van der Waals surface area contributed by atoms with Crippen LogP contribution in [0.15, 0.2) is 9.59 Å². The van der Waals surface area contributed by atoms with E-state index in [4.69, 9.17) is 5.11 Å². The molecule has 6 heteroatoms. The van der Waals surface area contributed by atoms with Crippen molar-refractivity contribution in [2.45, 2.75) is 32.4 Å². The van der Waals surface area contributed by atoms with Crippen molar-refractivity contribution in [1.82, 2.24) is 14.8 Å². The van der Waals surface area contributed by atoms with E-state index in [1.165, 1.54) is 0 Å². The molecule has 3 N–H and O–H groups in total. The van der Waals surface area contributed by atoms with Crippen LogP contribution >= 0.6 is 0 Å². The molecular formula is C7H13N3O3. The number of hydrogen-bond donors (Lipinski definition) is 3. The van der Waals surface area contributed by atoms with Gasteiger partial charge in [0.05, 0.1) is 6.10 Å². The number of H-pyrrole nitrogens is 2. The van der Waals surface area contributed by atoms with E-state index in [1.807, 2.05) is 0 Å². The van der Waals surface area contributed by atoms with Gasteiger partial charge < -0.3 is 5.11 Å². The summed E-state index contributed by atoms with van der Waals surface area (Å²) in [5.41, 5.74) is -0.869. The molecule has 0 amide bonds. The Hall–Kier alpha value is -1.30. The van der Waals surface area contributed by atoms with Crippen LogP contribution in [0.3, 0.4) is 0 Å². The lowest BCUT2D eigenvalue weighted by Crippen LogP contribution is -2.26. The summed E-state index contributed by atoms with van der Waals surface area (Å²) in [6.07, 6.45) is 0.795. The second kappa shape index (κ2) is 4.08. The molecule has 1 aromatic rings. The van der Waals surface area contributed by atoms with Crippen molar-refractivity contribution < 1.29 is 5.11 Å². The van der Waals surface area contributed by atoms with E-state index in [0.29, 0.717) is 19.4 Å². The third-order valence-corrected chi connectivity index (χ3v) is 1.77. The van der Waals surface area contributed by atoms with E-state index in [-0.39, 0.29) is 0 Å². The number of aromatic nitrogens is 3. The van der Waals surface area contributed by atoms with E-state index >= 15 is 0 Å². The first kappa shape index (κ1) is 9.79. The van der Waals surface area contributed by atoms with Gasteiger partial charge in [0.15, 0.2) is 0 Å². The molecule has 1 aromatic heterocycles. The molecule has 0 spiro atoms. The van der Waals surface area contributed by atoms with E-state index in [9.17, 15) is 9.59 Å². The molecule has 0 bridgehead atoms. The van der Waals surface area contributed by atoms with Crippen LogP contribution in [0.25, 0.3) is 0 Å². The lowest BCUT2D eigenvalue weighted by molar-refractivity contribution is 0.179. The first-order valence-electron chi connectivity index (χ1n) is 4.17. The molecule has 74 valence electrons. The molecule has 0 aromatic carbocycles. The number of rotatable bonds is 4. The average molecular weight is 187 g/mol.